The number of pyridine rings is 1. The Morgan fingerprint density at radius 1 is 1.30 bits per heavy atom. The van der Waals surface area contributed by atoms with Crippen LogP contribution in [0.1, 0.15) is 31.0 Å². The van der Waals surface area contributed by atoms with Crippen LogP contribution >= 0.6 is 12.4 Å². The van der Waals surface area contributed by atoms with Gasteiger partial charge in [0.2, 0.25) is 10.0 Å². The number of fused-ring (bicyclic) bond motifs is 1. The van der Waals surface area contributed by atoms with E-state index in [9.17, 15) is 8.42 Å². The first-order valence-corrected chi connectivity index (χ1v) is 10.3. The number of nitrogens with one attached hydrogen (secondary N) is 1. The third-order valence-corrected chi connectivity index (χ3v) is 6.81. The van der Waals surface area contributed by atoms with E-state index < -0.39 is 10.0 Å². The molecule has 1 fully saturated rings. The summed E-state index contributed by atoms with van der Waals surface area (Å²) in [5, 5.41) is 3.29. The largest absolute Gasteiger partial charge is 0.487 e. The van der Waals surface area contributed by atoms with Crippen molar-refractivity contribution in [2.45, 2.75) is 36.8 Å². The molecule has 2 aromatic rings. The van der Waals surface area contributed by atoms with Crippen LogP contribution in [-0.4, -0.2) is 42.9 Å². The fraction of sp³-hybridized carbons (Fsp3) is 0.421. The molecule has 146 valence electrons. The van der Waals surface area contributed by atoms with Gasteiger partial charge in [0.15, 0.2) is 0 Å². The molecule has 27 heavy (non-hydrogen) atoms. The van der Waals surface area contributed by atoms with Gasteiger partial charge in [0, 0.05) is 38.4 Å². The summed E-state index contributed by atoms with van der Waals surface area (Å²) in [7, 11) is -3.61. The van der Waals surface area contributed by atoms with Crippen molar-refractivity contribution in [3.05, 3.63) is 53.9 Å². The predicted octanol–water partition coefficient (Wildman–Crippen LogP) is 2.55. The van der Waals surface area contributed by atoms with Crippen LogP contribution in [0.4, 0.5) is 0 Å². The van der Waals surface area contributed by atoms with Gasteiger partial charge in [-0.1, -0.05) is 6.07 Å². The lowest BCUT2D eigenvalue weighted by molar-refractivity contribution is 0.138. The van der Waals surface area contributed by atoms with E-state index in [1.807, 2.05) is 26.0 Å². The number of sulfonamides is 1. The molecule has 4 rings (SSSR count). The second-order valence-corrected chi connectivity index (χ2v) is 9.32. The van der Waals surface area contributed by atoms with Crippen molar-refractivity contribution >= 4 is 22.4 Å². The number of hydrogen-bond donors (Lipinski definition) is 1. The Kier molecular flexibility index (Phi) is 5.49. The number of hydrogen-bond acceptors (Lipinski definition) is 5. The van der Waals surface area contributed by atoms with E-state index in [1.54, 1.807) is 34.9 Å². The normalized spacial score (nSPS) is 21.8. The van der Waals surface area contributed by atoms with Gasteiger partial charge in [0.05, 0.1) is 10.9 Å². The Morgan fingerprint density at radius 2 is 2.11 bits per heavy atom. The monoisotopic (exact) mass is 409 g/mol. The molecule has 0 amide bonds. The molecule has 8 heteroatoms. The molecule has 3 heterocycles. The van der Waals surface area contributed by atoms with Gasteiger partial charge in [0.1, 0.15) is 11.4 Å². The zero-order chi connectivity index (χ0) is 18.4. The molecule has 1 atom stereocenters. The van der Waals surface area contributed by atoms with Crippen LogP contribution in [0.15, 0.2) is 47.6 Å². The molecule has 0 saturated carbocycles. The van der Waals surface area contributed by atoms with E-state index in [0.717, 1.165) is 16.9 Å². The average molecular weight is 410 g/mol. The fourth-order valence-corrected chi connectivity index (χ4v) is 5.38. The second-order valence-electron chi connectivity index (χ2n) is 7.43. The van der Waals surface area contributed by atoms with E-state index in [2.05, 4.69) is 10.3 Å². The van der Waals surface area contributed by atoms with Crippen LogP contribution < -0.4 is 10.1 Å². The highest BCUT2D eigenvalue weighted by molar-refractivity contribution is 7.89. The van der Waals surface area contributed by atoms with E-state index in [-0.39, 0.29) is 24.0 Å². The maximum Gasteiger partial charge on any atom is 0.243 e. The van der Waals surface area contributed by atoms with Gasteiger partial charge in [-0.15, -0.1) is 12.4 Å². The Morgan fingerprint density at radius 3 is 2.85 bits per heavy atom. The van der Waals surface area contributed by atoms with Crippen LogP contribution in [0, 0.1) is 0 Å². The zero-order valence-corrected chi connectivity index (χ0v) is 17.0. The molecule has 2 aliphatic rings. The summed E-state index contributed by atoms with van der Waals surface area (Å²) in [6.45, 7) is 5.66. The van der Waals surface area contributed by atoms with Gasteiger partial charge in [-0.2, -0.15) is 4.31 Å². The summed E-state index contributed by atoms with van der Waals surface area (Å²) in [4.78, 5) is 4.47. The predicted molar refractivity (Wildman–Crippen MR) is 106 cm³/mol. The summed E-state index contributed by atoms with van der Waals surface area (Å²) < 4.78 is 34.2. The highest BCUT2D eigenvalue weighted by Crippen LogP contribution is 2.37. The lowest BCUT2D eigenvalue weighted by Gasteiger charge is -2.35. The summed E-state index contributed by atoms with van der Waals surface area (Å²) in [5.41, 5.74) is 1.55. The van der Waals surface area contributed by atoms with Gasteiger partial charge < -0.3 is 10.1 Å². The maximum atomic E-state index is 13.4. The van der Waals surface area contributed by atoms with Gasteiger partial charge >= 0.3 is 0 Å². The second kappa shape index (κ2) is 7.39. The Labute approximate surface area is 166 Å². The quantitative estimate of drug-likeness (QED) is 0.843. The Hall–Kier alpha value is -1.67. The van der Waals surface area contributed by atoms with Crippen LogP contribution in [0.3, 0.4) is 0 Å². The van der Waals surface area contributed by atoms with Crippen molar-refractivity contribution in [3.63, 3.8) is 0 Å². The minimum atomic E-state index is -3.61. The minimum absolute atomic E-state index is 0. The number of halogens is 1. The molecule has 0 bridgehead atoms. The van der Waals surface area contributed by atoms with Crippen LogP contribution in [-0.2, 0) is 16.4 Å². The van der Waals surface area contributed by atoms with Crippen LogP contribution in [0.5, 0.6) is 5.75 Å². The third kappa shape index (κ3) is 3.82. The molecule has 0 aliphatic carbocycles. The maximum absolute atomic E-state index is 13.4. The van der Waals surface area contributed by atoms with E-state index in [4.69, 9.17) is 4.74 Å². The van der Waals surface area contributed by atoms with Crippen molar-refractivity contribution in [2.24, 2.45) is 0 Å². The fourth-order valence-electron chi connectivity index (χ4n) is 3.71. The smallest absolute Gasteiger partial charge is 0.243 e. The SMILES string of the molecule is CC1(C)Cc2cc(S(=O)(=O)N3CCNCC3c3cccnc3)ccc2O1.Cl. The van der Waals surface area contributed by atoms with Crippen molar-refractivity contribution in [2.75, 3.05) is 19.6 Å². The average Bonchev–Trinajstić information content (AvgIpc) is 2.95. The van der Waals surface area contributed by atoms with E-state index in [0.29, 0.717) is 31.0 Å². The number of benzene rings is 1. The molecule has 0 radical (unpaired) electrons. The van der Waals surface area contributed by atoms with Gasteiger partial charge in [0.25, 0.3) is 0 Å². The van der Waals surface area contributed by atoms with Crippen molar-refractivity contribution in [1.82, 2.24) is 14.6 Å². The first kappa shape index (κ1) is 20.1. The molecular formula is C19H24ClN3O3S. The number of aromatic nitrogens is 1. The molecule has 1 unspecified atom stereocenters. The first-order chi connectivity index (χ1) is 12.4. The van der Waals surface area contributed by atoms with Gasteiger partial charge in [-0.05, 0) is 49.2 Å². The summed E-state index contributed by atoms with van der Waals surface area (Å²) >= 11 is 0. The number of piperazine rings is 1. The topological polar surface area (TPSA) is 71.5 Å². The number of nitrogens with zero attached hydrogens (tertiary/aromatic N) is 2. The molecular weight excluding hydrogens is 386 g/mol. The van der Waals surface area contributed by atoms with Crippen molar-refractivity contribution in [3.8, 4) is 5.75 Å². The minimum Gasteiger partial charge on any atom is -0.487 e. The first-order valence-electron chi connectivity index (χ1n) is 8.81. The van der Waals surface area contributed by atoms with Crippen LogP contribution in [0.2, 0.25) is 0 Å². The Bertz CT molecular complexity index is 919. The van der Waals surface area contributed by atoms with Crippen molar-refractivity contribution < 1.29 is 13.2 Å². The van der Waals surface area contributed by atoms with Crippen molar-refractivity contribution in [1.29, 1.82) is 0 Å². The summed E-state index contributed by atoms with van der Waals surface area (Å²) in [6.07, 6.45) is 4.14. The third-order valence-electron chi connectivity index (χ3n) is 4.90. The molecule has 6 nitrogen and oxygen atoms in total. The lowest BCUT2D eigenvalue weighted by Crippen LogP contribution is -2.48. The highest BCUT2D eigenvalue weighted by Gasteiger charge is 2.36. The molecule has 1 N–H and O–H groups in total. The number of ether oxygens (including phenoxy) is 1. The highest BCUT2D eigenvalue weighted by atomic mass is 35.5. The standard InChI is InChI=1S/C19H23N3O3S.ClH/c1-19(2)11-15-10-16(5-6-18(15)25-19)26(23,24)22-9-8-21-13-17(22)14-4-3-7-20-12-14;/h3-7,10,12,17,21H,8-9,11,13H2,1-2H3;1H. The molecule has 1 aromatic carbocycles. The molecule has 1 saturated heterocycles. The molecule has 0 spiro atoms. The Balaban J connectivity index is 0.00000210. The van der Waals surface area contributed by atoms with Crippen LogP contribution in [0.25, 0.3) is 0 Å². The number of rotatable bonds is 3. The molecule has 1 aromatic heterocycles. The van der Waals surface area contributed by atoms with Gasteiger partial charge in [-0.25, -0.2) is 8.42 Å². The summed E-state index contributed by atoms with van der Waals surface area (Å²) in [5.74, 6) is 0.776. The molecule has 2 aliphatic heterocycles. The van der Waals surface area contributed by atoms with E-state index in [1.165, 1.54) is 0 Å². The zero-order valence-electron chi connectivity index (χ0n) is 15.4. The van der Waals surface area contributed by atoms with Gasteiger partial charge in [-0.3, -0.25) is 4.98 Å². The lowest BCUT2D eigenvalue weighted by atomic mass is 10.0. The summed E-state index contributed by atoms with van der Waals surface area (Å²) in [6, 6.07) is 8.69. The van der Waals surface area contributed by atoms with E-state index >= 15 is 0 Å².